The van der Waals surface area contributed by atoms with E-state index in [9.17, 15) is 0 Å². The maximum Gasteiger partial charge on any atom is 0.138 e. The summed E-state index contributed by atoms with van der Waals surface area (Å²) in [5.74, 6) is 0.832. The van der Waals surface area contributed by atoms with Crippen molar-refractivity contribution in [1.82, 2.24) is 9.88 Å². The third-order valence-corrected chi connectivity index (χ3v) is 13.2. The van der Waals surface area contributed by atoms with Crippen LogP contribution in [0.2, 0.25) is 0 Å². The molecule has 9 aromatic carbocycles. The summed E-state index contributed by atoms with van der Waals surface area (Å²) >= 11 is 1.82. The molecule has 5 heteroatoms. The number of hydrogen-bond donors (Lipinski definition) is 1. The third kappa shape index (κ3) is 4.40. The normalized spacial score (nSPS) is 14.4. The van der Waals surface area contributed by atoms with E-state index in [-0.39, 0.29) is 6.04 Å². The highest BCUT2D eigenvalue weighted by molar-refractivity contribution is 7.19. The maximum atomic E-state index is 6.94. The van der Waals surface area contributed by atoms with E-state index in [4.69, 9.17) is 9.41 Å². The summed E-state index contributed by atoms with van der Waals surface area (Å²) in [5.41, 5.74) is 8.26. The lowest BCUT2D eigenvalue weighted by molar-refractivity contribution is 0.669. The van der Waals surface area contributed by atoms with E-state index >= 15 is 0 Å². The standard InChI is InChI=1S/C52H31N3OS/c1-2-15-33(16-3-1)49-51-50(38-20-10-11-21-44(38)57-51)54-52(53-49)39-28-34(29-43-48(39)47-37-19-9-6-14-32(37)24-27-42(47)56-43)55-40-25-22-30-12-4-7-17-35(30)45(40)46-36-18-8-5-13-31(36)23-26-41(46)55/h1-29,49H,(H,53,54). The van der Waals surface area contributed by atoms with Gasteiger partial charge >= 0.3 is 0 Å². The average Bonchev–Trinajstić information content (AvgIpc) is 3.96. The van der Waals surface area contributed by atoms with Crippen molar-refractivity contribution in [3.8, 4) is 5.69 Å². The highest BCUT2D eigenvalue weighted by atomic mass is 32.1. The Hall–Kier alpha value is -7.21. The van der Waals surface area contributed by atoms with Crippen LogP contribution in [0.5, 0.6) is 0 Å². The number of thiophene rings is 1. The number of hydrogen-bond acceptors (Lipinski definition) is 4. The van der Waals surface area contributed by atoms with Gasteiger partial charge in [-0.15, -0.1) is 11.3 Å². The number of aromatic nitrogens is 1. The van der Waals surface area contributed by atoms with Gasteiger partial charge in [-0.3, -0.25) is 0 Å². The molecular weight excluding hydrogens is 715 g/mol. The summed E-state index contributed by atoms with van der Waals surface area (Å²) in [6.45, 7) is 0. The van der Waals surface area contributed by atoms with E-state index in [0.29, 0.717) is 0 Å². The van der Waals surface area contributed by atoms with Crippen LogP contribution in [0.1, 0.15) is 22.0 Å². The molecule has 1 N–H and O–H groups in total. The summed E-state index contributed by atoms with van der Waals surface area (Å²) in [5, 5.41) is 17.1. The smallest absolute Gasteiger partial charge is 0.138 e. The van der Waals surface area contributed by atoms with Gasteiger partial charge in [0.1, 0.15) is 17.0 Å². The first-order valence-corrected chi connectivity index (χ1v) is 20.2. The molecule has 0 bridgehead atoms. The minimum Gasteiger partial charge on any atom is -0.456 e. The number of fused-ring (bicyclic) bond motifs is 15. The van der Waals surface area contributed by atoms with Crippen LogP contribution < -0.4 is 5.32 Å². The molecule has 266 valence electrons. The molecule has 3 aromatic heterocycles. The lowest BCUT2D eigenvalue weighted by atomic mass is 9.97. The fraction of sp³-hybridized carbons (Fsp3) is 0.0192. The Bertz CT molecular complexity index is 3590. The molecule has 1 aliphatic heterocycles. The van der Waals surface area contributed by atoms with E-state index in [0.717, 1.165) is 61.1 Å². The molecule has 57 heavy (non-hydrogen) atoms. The molecule has 0 spiro atoms. The third-order valence-electron chi connectivity index (χ3n) is 12.0. The molecule has 4 nitrogen and oxygen atoms in total. The lowest BCUT2D eigenvalue weighted by Gasteiger charge is -2.26. The molecule has 1 unspecified atom stereocenters. The predicted octanol–water partition coefficient (Wildman–Crippen LogP) is 14.1. The Kier molecular flexibility index (Phi) is 6.35. The van der Waals surface area contributed by atoms with Gasteiger partial charge in [-0.05, 0) is 68.2 Å². The second kappa shape index (κ2) is 11.7. The van der Waals surface area contributed by atoms with Gasteiger partial charge in [-0.1, -0.05) is 140 Å². The quantitative estimate of drug-likeness (QED) is 0.196. The minimum atomic E-state index is -0.0781. The summed E-state index contributed by atoms with van der Waals surface area (Å²) in [6, 6.07) is 63.4. The van der Waals surface area contributed by atoms with Gasteiger partial charge in [0.25, 0.3) is 0 Å². The molecule has 0 amide bonds. The van der Waals surface area contributed by atoms with E-state index in [1.165, 1.54) is 58.2 Å². The number of nitrogens with one attached hydrogen (secondary N) is 1. The number of furan rings is 1. The first kappa shape index (κ1) is 31.0. The van der Waals surface area contributed by atoms with Crippen LogP contribution in [0.3, 0.4) is 0 Å². The lowest BCUT2D eigenvalue weighted by Crippen LogP contribution is -2.32. The van der Waals surface area contributed by atoms with Crippen LogP contribution in [0, 0.1) is 0 Å². The van der Waals surface area contributed by atoms with Crippen LogP contribution in [0.25, 0.3) is 91.8 Å². The maximum absolute atomic E-state index is 6.94. The van der Waals surface area contributed by atoms with Crippen molar-refractivity contribution in [3.63, 3.8) is 0 Å². The van der Waals surface area contributed by atoms with E-state index in [1.807, 2.05) is 11.3 Å². The van der Waals surface area contributed by atoms with Crippen LogP contribution in [0.4, 0.5) is 5.69 Å². The van der Waals surface area contributed by atoms with Crippen molar-refractivity contribution < 1.29 is 4.42 Å². The molecule has 4 heterocycles. The topological polar surface area (TPSA) is 42.5 Å². The zero-order chi connectivity index (χ0) is 37.2. The number of amidine groups is 1. The largest absolute Gasteiger partial charge is 0.456 e. The summed E-state index contributed by atoms with van der Waals surface area (Å²) in [7, 11) is 0. The number of benzene rings is 9. The van der Waals surface area contributed by atoms with E-state index < -0.39 is 0 Å². The predicted molar refractivity (Wildman–Crippen MR) is 240 cm³/mol. The highest BCUT2D eigenvalue weighted by Crippen LogP contribution is 2.48. The van der Waals surface area contributed by atoms with Crippen LogP contribution >= 0.6 is 11.3 Å². The Balaban J connectivity index is 1.18. The van der Waals surface area contributed by atoms with Crippen LogP contribution in [-0.2, 0) is 0 Å². The Morgan fingerprint density at radius 2 is 1.09 bits per heavy atom. The summed E-state index contributed by atoms with van der Waals surface area (Å²) in [4.78, 5) is 6.81. The summed E-state index contributed by atoms with van der Waals surface area (Å²) < 4.78 is 10.6. The van der Waals surface area contributed by atoms with Crippen molar-refractivity contribution in [2.75, 3.05) is 0 Å². The van der Waals surface area contributed by atoms with Gasteiger partial charge in [0, 0.05) is 43.3 Å². The number of rotatable bonds is 3. The second-order valence-electron chi connectivity index (χ2n) is 15.1. The minimum absolute atomic E-state index is 0.0781. The van der Waals surface area contributed by atoms with Crippen LogP contribution in [-0.4, -0.2) is 10.4 Å². The SMILES string of the molecule is c1ccc(C2NC(c3cc(-n4c5ccc6ccccc6c5c5c6ccccc6ccc54)cc4oc5ccc6ccccc6c5c34)=Nc3c2sc2ccccc32)cc1. The molecule has 13 rings (SSSR count). The zero-order valence-electron chi connectivity index (χ0n) is 30.5. The number of nitrogens with zero attached hydrogens (tertiary/aromatic N) is 2. The second-order valence-corrected chi connectivity index (χ2v) is 16.2. The molecule has 0 radical (unpaired) electrons. The molecule has 0 aliphatic carbocycles. The Morgan fingerprint density at radius 1 is 0.509 bits per heavy atom. The van der Waals surface area contributed by atoms with Gasteiger partial charge in [0.2, 0.25) is 0 Å². The summed E-state index contributed by atoms with van der Waals surface area (Å²) in [6.07, 6.45) is 0. The van der Waals surface area contributed by atoms with Crippen molar-refractivity contribution in [2.45, 2.75) is 6.04 Å². The van der Waals surface area contributed by atoms with Gasteiger partial charge in [-0.2, -0.15) is 0 Å². The van der Waals surface area contributed by atoms with Gasteiger partial charge in [-0.25, -0.2) is 4.99 Å². The first-order valence-electron chi connectivity index (χ1n) is 19.4. The molecule has 12 aromatic rings. The molecule has 0 fully saturated rings. The fourth-order valence-corrected chi connectivity index (χ4v) is 10.7. The number of aliphatic imine (C=N–C) groups is 1. The monoisotopic (exact) mass is 745 g/mol. The first-order chi connectivity index (χ1) is 28.3. The van der Waals surface area contributed by atoms with E-state index in [1.54, 1.807) is 0 Å². The molecule has 0 saturated heterocycles. The van der Waals surface area contributed by atoms with Crippen molar-refractivity contribution >= 4 is 109 Å². The molecular formula is C52H31N3OS. The highest BCUT2D eigenvalue weighted by Gasteiger charge is 2.30. The average molecular weight is 746 g/mol. The molecule has 0 saturated carbocycles. The van der Waals surface area contributed by atoms with Gasteiger partial charge < -0.3 is 14.3 Å². The van der Waals surface area contributed by atoms with Crippen molar-refractivity contribution in [1.29, 1.82) is 0 Å². The van der Waals surface area contributed by atoms with E-state index in [2.05, 4.69) is 186 Å². The zero-order valence-corrected chi connectivity index (χ0v) is 31.3. The fourth-order valence-electron chi connectivity index (χ4n) is 9.52. The van der Waals surface area contributed by atoms with Gasteiger partial charge in [0.05, 0.1) is 33.3 Å². The molecule has 1 atom stereocenters. The molecule has 1 aliphatic rings. The van der Waals surface area contributed by atoms with Crippen LogP contribution in [0.15, 0.2) is 185 Å². The Morgan fingerprint density at radius 3 is 1.77 bits per heavy atom. The van der Waals surface area contributed by atoms with Gasteiger partial charge in [0.15, 0.2) is 0 Å². The van der Waals surface area contributed by atoms with Crippen molar-refractivity contribution in [3.05, 3.63) is 192 Å². The van der Waals surface area contributed by atoms with Crippen molar-refractivity contribution in [2.24, 2.45) is 4.99 Å². The Labute approximate surface area is 330 Å².